The zero-order valence-electron chi connectivity index (χ0n) is 15.2. The number of hydrogen-bond donors (Lipinski definition) is 3. The van der Waals surface area contributed by atoms with Crippen LogP contribution in [0.4, 0.5) is 11.4 Å². The number of rotatable bonds is 6. The number of phenols is 1. The molecule has 3 aromatic carbocycles. The second-order valence-electron chi connectivity index (χ2n) is 6.30. The maximum Gasteiger partial charge on any atom is 0.261 e. The number of aromatic hydroxyl groups is 1. The summed E-state index contributed by atoms with van der Waals surface area (Å²) in [5.74, 6) is -0.264. The molecule has 0 aliphatic rings. The standard InChI is InChI=1S/C21H20N2O4S/c1-15-11-12-17(22-21(25)13-16-7-5-6-10-20(16)24)14-19(15)23-28(26,27)18-8-3-2-4-9-18/h2-12,14,23-24H,13H2,1H3,(H,22,25). The average Bonchev–Trinajstić information content (AvgIpc) is 2.67. The summed E-state index contributed by atoms with van der Waals surface area (Å²) in [6.45, 7) is 1.77. The highest BCUT2D eigenvalue weighted by Crippen LogP contribution is 2.24. The van der Waals surface area contributed by atoms with Crippen molar-refractivity contribution in [2.75, 3.05) is 10.0 Å². The molecule has 6 nitrogen and oxygen atoms in total. The van der Waals surface area contributed by atoms with Crippen LogP contribution in [0.3, 0.4) is 0 Å². The molecule has 3 aromatic rings. The van der Waals surface area contributed by atoms with Crippen molar-refractivity contribution < 1.29 is 18.3 Å². The molecule has 7 heteroatoms. The number of carbonyl (C=O) groups excluding carboxylic acids is 1. The SMILES string of the molecule is Cc1ccc(NC(=O)Cc2ccccc2O)cc1NS(=O)(=O)c1ccccc1. The van der Waals surface area contributed by atoms with Crippen molar-refractivity contribution in [2.45, 2.75) is 18.2 Å². The minimum absolute atomic E-state index is 0.00558. The van der Waals surface area contributed by atoms with E-state index in [1.807, 2.05) is 0 Å². The average molecular weight is 396 g/mol. The van der Waals surface area contributed by atoms with Crippen LogP contribution in [0.5, 0.6) is 5.75 Å². The summed E-state index contributed by atoms with van der Waals surface area (Å²) in [5, 5.41) is 12.5. The minimum atomic E-state index is -3.73. The molecule has 28 heavy (non-hydrogen) atoms. The van der Waals surface area contributed by atoms with Crippen molar-refractivity contribution in [3.8, 4) is 5.75 Å². The second-order valence-corrected chi connectivity index (χ2v) is 7.98. The molecule has 0 saturated carbocycles. The second kappa shape index (κ2) is 8.14. The lowest BCUT2D eigenvalue weighted by atomic mass is 10.1. The lowest BCUT2D eigenvalue weighted by Crippen LogP contribution is -2.16. The third-order valence-electron chi connectivity index (χ3n) is 4.16. The van der Waals surface area contributed by atoms with E-state index in [0.29, 0.717) is 16.9 Å². The van der Waals surface area contributed by atoms with E-state index >= 15 is 0 Å². The first-order chi connectivity index (χ1) is 13.3. The van der Waals surface area contributed by atoms with Gasteiger partial charge in [0.1, 0.15) is 5.75 Å². The van der Waals surface area contributed by atoms with Gasteiger partial charge in [0, 0.05) is 11.3 Å². The van der Waals surface area contributed by atoms with E-state index in [-0.39, 0.29) is 23.0 Å². The van der Waals surface area contributed by atoms with E-state index < -0.39 is 10.0 Å². The summed E-state index contributed by atoms with van der Waals surface area (Å²) in [6, 6.07) is 19.7. The summed E-state index contributed by atoms with van der Waals surface area (Å²) in [5.41, 5.74) is 2.07. The topological polar surface area (TPSA) is 95.5 Å². The molecular formula is C21H20N2O4S. The van der Waals surface area contributed by atoms with Gasteiger partial charge in [-0.3, -0.25) is 9.52 Å². The summed E-state index contributed by atoms with van der Waals surface area (Å²) in [7, 11) is -3.73. The summed E-state index contributed by atoms with van der Waals surface area (Å²) < 4.78 is 27.6. The highest BCUT2D eigenvalue weighted by molar-refractivity contribution is 7.92. The number of benzene rings is 3. The van der Waals surface area contributed by atoms with Crippen LogP contribution in [-0.4, -0.2) is 19.4 Å². The molecule has 0 saturated heterocycles. The highest BCUT2D eigenvalue weighted by Gasteiger charge is 2.15. The molecule has 0 bridgehead atoms. The highest BCUT2D eigenvalue weighted by atomic mass is 32.2. The van der Waals surface area contributed by atoms with Gasteiger partial charge in [0.05, 0.1) is 17.0 Å². The Morgan fingerprint density at radius 2 is 1.64 bits per heavy atom. The van der Waals surface area contributed by atoms with Crippen LogP contribution in [0.2, 0.25) is 0 Å². The number of phenolic OH excluding ortho intramolecular Hbond substituents is 1. The molecule has 0 aliphatic carbocycles. The van der Waals surface area contributed by atoms with Gasteiger partial charge in [-0.2, -0.15) is 0 Å². The van der Waals surface area contributed by atoms with Gasteiger partial charge in [-0.05, 0) is 42.8 Å². The predicted octanol–water partition coefficient (Wildman–Crippen LogP) is 3.68. The van der Waals surface area contributed by atoms with Gasteiger partial charge in [-0.25, -0.2) is 8.42 Å². The fourth-order valence-corrected chi connectivity index (χ4v) is 3.79. The molecule has 0 radical (unpaired) electrons. The number of carbonyl (C=O) groups is 1. The summed E-state index contributed by atoms with van der Waals surface area (Å²) in [6.07, 6.45) is 0.00558. The maximum atomic E-state index is 12.5. The van der Waals surface area contributed by atoms with Gasteiger partial charge in [-0.1, -0.05) is 42.5 Å². The molecule has 3 rings (SSSR count). The summed E-state index contributed by atoms with van der Waals surface area (Å²) in [4.78, 5) is 12.4. The van der Waals surface area contributed by atoms with Crippen LogP contribution in [-0.2, 0) is 21.2 Å². The van der Waals surface area contributed by atoms with Gasteiger partial charge in [0.2, 0.25) is 5.91 Å². The lowest BCUT2D eigenvalue weighted by molar-refractivity contribution is -0.115. The van der Waals surface area contributed by atoms with Crippen LogP contribution in [0.15, 0.2) is 77.7 Å². The third-order valence-corrected chi connectivity index (χ3v) is 5.54. The Morgan fingerprint density at radius 3 is 2.36 bits per heavy atom. The molecule has 0 aliphatic heterocycles. The molecule has 0 fully saturated rings. The fourth-order valence-electron chi connectivity index (χ4n) is 2.65. The normalized spacial score (nSPS) is 11.0. The first-order valence-corrected chi connectivity index (χ1v) is 10.1. The van der Waals surface area contributed by atoms with Gasteiger partial charge in [0.15, 0.2) is 0 Å². The van der Waals surface area contributed by atoms with Crippen molar-refractivity contribution in [1.82, 2.24) is 0 Å². The van der Waals surface area contributed by atoms with E-state index in [1.165, 1.54) is 18.2 Å². The Balaban J connectivity index is 1.76. The number of anilines is 2. The predicted molar refractivity (Wildman–Crippen MR) is 109 cm³/mol. The first-order valence-electron chi connectivity index (χ1n) is 8.60. The third kappa shape index (κ3) is 4.69. The Morgan fingerprint density at radius 1 is 0.964 bits per heavy atom. The Bertz CT molecular complexity index is 1100. The Kier molecular flexibility index (Phi) is 5.65. The molecule has 0 heterocycles. The van der Waals surface area contributed by atoms with Crippen LogP contribution in [0, 0.1) is 6.92 Å². The van der Waals surface area contributed by atoms with Crippen molar-refractivity contribution in [2.24, 2.45) is 0 Å². The number of amides is 1. The quantitative estimate of drug-likeness (QED) is 0.592. The van der Waals surface area contributed by atoms with Crippen molar-refractivity contribution >= 4 is 27.3 Å². The number of para-hydroxylation sites is 1. The zero-order valence-corrected chi connectivity index (χ0v) is 16.0. The van der Waals surface area contributed by atoms with Crippen LogP contribution in [0.25, 0.3) is 0 Å². The van der Waals surface area contributed by atoms with Crippen molar-refractivity contribution in [3.63, 3.8) is 0 Å². The summed E-state index contributed by atoms with van der Waals surface area (Å²) >= 11 is 0. The molecular weight excluding hydrogens is 376 g/mol. The van der Waals surface area contributed by atoms with E-state index in [1.54, 1.807) is 61.5 Å². The van der Waals surface area contributed by atoms with Gasteiger partial charge in [0.25, 0.3) is 10.0 Å². The number of sulfonamides is 1. The monoisotopic (exact) mass is 396 g/mol. The van der Waals surface area contributed by atoms with Crippen molar-refractivity contribution in [3.05, 3.63) is 83.9 Å². The minimum Gasteiger partial charge on any atom is -0.508 e. The van der Waals surface area contributed by atoms with E-state index in [9.17, 15) is 18.3 Å². The Hall–Kier alpha value is -3.32. The first kappa shape index (κ1) is 19.4. The molecule has 144 valence electrons. The lowest BCUT2D eigenvalue weighted by Gasteiger charge is -2.13. The van der Waals surface area contributed by atoms with Gasteiger partial charge >= 0.3 is 0 Å². The largest absolute Gasteiger partial charge is 0.508 e. The van der Waals surface area contributed by atoms with E-state index in [4.69, 9.17) is 0 Å². The fraction of sp³-hybridized carbons (Fsp3) is 0.0952. The van der Waals surface area contributed by atoms with Crippen LogP contribution in [0.1, 0.15) is 11.1 Å². The van der Waals surface area contributed by atoms with Crippen LogP contribution < -0.4 is 10.0 Å². The number of hydrogen-bond acceptors (Lipinski definition) is 4. The Labute approximate surface area is 163 Å². The van der Waals surface area contributed by atoms with Crippen molar-refractivity contribution in [1.29, 1.82) is 0 Å². The molecule has 3 N–H and O–H groups in total. The number of aryl methyl sites for hydroxylation is 1. The van der Waals surface area contributed by atoms with Crippen LogP contribution >= 0.6 is 0 Å². The number of nitrogens with one attached hydrogen (secondary N) is 2. The van der Waals surface area contributed by atoms with Gasteiger partial charge in [-0.15, -0.1) is 0 Å². The van der Waals surface area contributed by atoms with E-state index in [0.717, 1.165) is 5.56 Å². The molecule has 0 aromatic heterocycles. The van der Waals surface area contributed by atoms with Gasteiger partial charge < -0.3 is 10.4 Å². The molecule has 1 amide bonds. The maximum absolute atomic E-state index is 12.5. The molecule has 0 unspecified atom stereocenters. The molecule has 0 atom stereocenters. The van der Waals surface area contributed by atoms with E-state index in [2.05, 4.69) is 10.0 Å². The molecule has 0 spiro atoms. The zero-order chi connectivity index (χ0) is 20.1. The smallest absolute Gasteiger partial charge is 0.261 e.